The second kappa shape index (κ2) is 9.73. The minimum atomic E-state index is -4.43. The van der Waals surface area contributed by atoms with Crippen molar-refractivity contribution in [3.8, 4) is 0 Å². The molecule has 0 aromatic heterocycles. The molecule has 0 spiro atoms. The van der Waals surface area contributed by atoms with Crippen LogP contribution < -0.4 is 10.6 Å². The van der Waals surface area contributed by atoms with Crippen LogP contribution in [-0.4, -0.2) is 40.7 Å². The molecule has 0 radical (unpaired) electrons. The van der Waals surface area contributed by atoms with E-state index in [1.165, 1.54) is 24.8 Å². The van der Waals surface area contributed by atoms with Crippen molar-refractivity contribution in [3.05, 3.63) is 29.8 Å². The third kappa shape index (κ3) is 4.60. The maximum Gasteiger partial charge on any atom is 0.416 e. The summed E-state index contributed by atoms with van der Waals surface area (Å²) in [4.78, 5) is 13.4. The lowest BCUT2D eigenvalue weighted by Crippen LogP contribution is -2.73. The van der Waals surface area contributed by atoms with Gasteiger partial charge in [-0.2, -0.15) is 13.2 Å². The number of fused-ring (bicyclic) bond motifs is 1. The highest BCUT2D eigenvalue weighted by molar-refractivity contribution is 6.02. The van der Waals surface area contributed by atoms with Crippen LogP contribution in [0.4, 0.5) is 18.9 Å². The molecule has 2 aliphatic rings. The van der Waals surface area contributed by atoms with Crippen molar-refractivity contribution >= 4 is 24.0 Å². The molecule has 2 fully saturated rings. The van der Waals surface area contributed by atoms with Gasteiger partial charge in [-0.25, -0.2) is 4.58 Å². The predicted octanol–water partition coefficient (Wildman–Crippen LogP) is 5.06. The number of carbonyl (C=O) groups is 1. The Morgan fingerprint density at radius 3 is 2.53 bits per heavy atom. The Balaban J connectivity index is 1.92. The van der Waals surface area contributed by atoms with Gasteiger partial charge in [-0.3, -0.25) is 10.1 Å². The van der Waals surface area contributed by atoms with Crippen molar-refractivity contribution in [2.75, 3.05) is 5.32 Å². The van der Waals surface area contributed by atoms with Crippen molar-refractivity contribution < 1.29 is 22.5 Å². The Morgan fingerprint density at radius 1 is 1.31 bits per heavy atom. The third-order valence-corrected chi connectivity index (χ3v) is 7.07. The molecule has 5 unspecified atom stereocenters. The summed E-state index contributed by atoms with van der Waals surface area (Å²) in [6.07, 6.45) is 4.82. The van der Waals surface area contributed by atoms with E-state index in [0.29, 0.717) is 18.4 Å². The van der Waals surface area contributed by atoms with Gasteiger partial charge in [-0.15, -0.1) is 0 Å². The first kappa shape index (κ1) is 24.4. The molecule has 1 aromatic carbocycles. The normalized spacial score (nSPS) is 30.4. The van der Waals surface area contributed by atoms with E-state index in [9.17, 15) is 18.0 Å². The largest absolute Gasteiger partial charge is 0.416 e. The molecule has 5 atom stereocenters. The molecule has 3 N–H and O–H groups in total. The van der Waals surface area contributed by atoms with Gasteiger partial charge in [-0.1, -0.05) is 13.3 Å². The molecule has 5 nitrogen and oxygen atoms in total. The van der Waals surface area contributed by atoms with Crippen LogP contribution in [0, 0.1) is 17.2 Å². The highest BCUT2D eigenvalue weighted by Crippen LogP contribution is 2.40. The number of carbonyl (C=O) groups excluding carboxylic acids is 1. The minimum absolute atomic E-state index is 0.198. The van der Waals surface area contributed by atoms with E-state index in [-0.39, 0.29) is 11.7 Å². The molecule has 8 heteroatoms. The summed E-state index contributed by atoms with van der Waals surface area (Å²) >= 11 is 0. The van der Waals surface area contributed by atoms with Gasteiger partial charge < -0.3 is 10.7 Å². The first-order chi connectivity index (χ1) is 15.2. The Labute approximate surface area is 188 Å². The average Bonchev–Trinajstić information content (AvgIpc) is 2.74. The number of hydrogen-bond acceptors (Lipinski definition) is 3. The molecule has 1 aromatic rings. The average molecular weight is 452 g/mol. The van der Waals surface area contributed by atoms with E-state index >= 15 is 0 Å². The number of nitrogens with zero attached hydrogens (tertiary/aromatic N) is 1. The highest BCUT2D eigenvalue weighted by Gasteiger charge is 2.59. The monoisotopic (exact) mass is 451 g/mol. The molecule has 0 bridgehead atoms. The van der Waals surface area contributed by atoms with Crippen molar-refractivity contribution in [3.63, 3.8) is 0 Å². The summed E-state index contributed by atoms with van der Waals surface area (Å²) in [5, 5.41) is 14.6. The number of halogens is 3. The van der Waals surface area contributed by atoms with Gasteiger partial charge in [0.25, 0.3) is 0 Å². The van der Waals surface area contributed by atoms with Gasteiger partial charge in [0, 0.05) is 43.6 Å². The Morgan fingerprint density at radius 2 is 1.97 bits per heavy atom. The van der Waals surface area contributed by atoms with E-state index in [1.54, 1.807) is 0 Å². The number of benzene rings is 1. The minimum Gasteiger partial charge on any atom is -0.325 e. The van der Waals surface area contributed by atoms with Crippen molar-refractivity contribution in [1.29, 1.82) is 5.41 Å². The lowest BCUT2D eigenvalue weighted by molar-refractivity contribution is -0.671. The lowest BCUT2D eigenvalue weighted by atomic mass is 9.73. The van der Waals surface area contributed by atoms with Gasteiger partial charge in [0.15, 0.2) is 12.0 Å². The molecule has 1 saturated heterocycles. The fourth-order valence-electron chi connectivity index (χ4n) is 5.74. The van der Waals surface area contributed by atoms with Gasteiger partial charge in [0.2, 0.25) is 11.6 Å². The summed E-state index contributed by atoms with van der Waals surface area (Å²) < 4.78 is 40.9. The standard InChI is InChI=1S/C24H33F3N4O/c1-4-14-23(30-16(3)19-8-6-7-9-21(19)31(23)5-2)20(15-28)22(32)29-18-12-10-17(11-13-18)24(25,26)27/h5,10-13,15-16,19-21,28,30H,4,6-9,14H2,1-3H3/p+1. The third-order valence-electron chi connectivity index (χ3n) is 7.07. The second-order valence-electron chi connectivity index (χ2n) is 9.00. The van der Waals surface area contributed by atoms with Crippen LogP contribution in [0.3, 0.4) is 0 Å². The van der Waals surface area contributed by atoms with Gasteiger partial charge in [0.1, 0.15) is 6.21 Å². The van der Waals surface area contributed by atoms with Crippen molar-refractivity contribution in [2.24, 2.45) is 11.8 Å². The van der Waals surface area contributed by atoms with Crippen LogP contribution in [0.25, 0.3) is 0 Å². The molecule has 1 saturated carbocycles. The first-order valence-corrected chi connectivity index (χ1v) is 11.5. The maximum atomic E-state index is 13.4. The second-order valence-corrected chi connectivity index (χ2v) is 9.00. The smallest absolute Gasteiger partial charge is 0.325 e. The quantitative estimate of drug-likeness (QED) is 0.418. The molecular formula is C24H34F3N4O+. The number of amides is 1. The number of hydrogen-bond donors (Lipinski definition) is 3. The molecule has 1 aliphatic heterocycles. The fourth-order valence-corrected chi connectivity index (χ4v) is 5.74. The maximum absolute atomic E-state index is 13.4. The van der Waals surface area contributed by atoms with Gasteiger partial charge in [0.05, 0.1) is 5.56 Å². The lowest BCUT2D eigenvalue weighted by Gasteiger charge is -2.49. The predicted molar refractivity (Wildman–Crippen MR) is 120 cm³/mol. The summed E-state index contributed by atoms with van der Waals surface area (Å²) in [6, 6.07) is 4.92. The summed E-state index contributed by atoms with van der Waals surface area (Å²) in [5.74, 6) is -0.713. The number of anilines is 1. The van der Waals surface area contributed by atoms with Crippen LogP contribution in [0.2, 0.25) is 0 Å². The molecule has 3 rings (SSSR count). The Bertz CT molecular complexity index is 852. The van der Waals surface area contributed by atoms with Crippen molar-refractivity contribution in [1.82, 2.24) is 5.32 Å². The van der Waals surface area contributed by atoms with Crippen molar-refractivity contribution in [2.45, 2.75) is 83.2 Å². The van der Waals surface area contributed by atoms with Crippen LogP contribution in [0.1, 0.15) is 64.9 Å². The van der Waals surface area contributed by atoms with E-state index < -0.39 is 29.2 Å². The molecule has 1 amide bonds. The molecule has 176 valence electrons. The Hall–Kier alpha value is -2.22. The van der Waals surface area contributed by atoms with Gasteiger partial charge in [-0.05, 0) is 50.5 Å². The van der Waals surface area contributed by atoms with Crippen LogP contribution in [-0.2, 0) is 11.0 Å². The number of nitrogens with one attached hydrogen (secondary N) is 3. The topological polar surface area (TPSA) is 68.0 Å². The first-order valence-electron chi connectivity index (χ1n) is 11.5. The summed E-state index contributed by atoms with van der Waals surface area (Å²) in [6.45, 7) is 6.20. The summed E-state index contributed by atoms with van der Waals surface area (Å²) in [7, 11) is 0. The zero-order chi connectivity index (χ0) is 23.5. The molecule has 1 heterocycles. The SMILES string of the molecule is CC=[N+]1C2CCCCC2C(C)NC1(CCC)C(C=N)C(=O)Nc1ccc(C(F)(F)F)cc1. The van der Waals surface area contributed by atoms with E-state index in [4.69, 9.17) is 5.41 Å². The molecule has 1 aliphatic carbocycles. The Kier molecular flexibility index (Phi) is 7.43. The zero-order valence-electron chi connectivity index (χ0n) is 19.0. The molecule has 32 heavy (non-hydrogen) atoms. The number of alkyl halides is 3. The van der Waals surface area contributed by atoms with E-state index in [0.717, 1.165) is 37.8 Å². The van der Waals surface area contributed by atoms with E-state index in [1.807, 2.05) is 13.1 Å². The number of rotatable bonds is 6. The van der Waals surface area contributed by atoms with Gasteiger partial charge >= 0.3 is 6.18 Å². The molecular weight excluding hydrogens is 417 g/mol. The highest BCUT2D eigenvalue weighted by atomic mass is 19.4. The van der Waals surface area contributed by atoms with E-state index in [2.05, 4.69) is 29.1 Å². The summed E-state index contributed by atoms with van der Waals surface area (Å²) in [5.41, 5.74) is -1.23. The van der Waals surface area contributed by atoms with Crippen LogP contribution >= 0.6 is 0 Å². The zero-order valence-corrected chi connectivity index (χ0v) is 19.0. The van der Waals surface area contributed by atoms with Crippen LogP contribution in [0.5, 0.6) is 0 Å². The fraction of sp³-hybridized carbons (Fsp3) is 0.625. The van der Waals surface area contributed by atoms with Crippen LogP contribution in [0.15, 0.2) is 24.3 Å².